The third-order valence-electron chi connectivity index (χ3n) is 3.85. The average molecular weight is 343 g/mol. The minimum atomic E-state index is 0.154. The molecular formula is C16H15ClN6O. The van der Waals surface area contributed by atoms with Gasteiger partial charge in [-0.2, -0.15) is 9.97 Å². The number of morpholine rings is 1. The van der Waals surface area contributed by atoms with Crippen LogP contribution >= 0.6 is 11.6 Å². The van der Waals surface area contributed by atoms with Gasteiger partial charge in [-0.1, -0.05) is 41.9 Å². The number of aromatic nitrogens is 4. The number of rotatable bonds is 2. The summed E-state index contributed by atoms with van der Waals surface area (Å²) in [6.45, 7) is 2.71. The fourth-order valence-corrected chi connectivity index (χ4v) is 2.94. The van der Waals surface area contributed by atoms with Crippen LogP contribution in [0.5, 0.6) is 0 Å². The minimum absolute atomic E-state index is 0.154. The van der Waals surface area contributed by atoms with Gasteiger partial charge in [0.15, 0.2) is 22.1 Å². The molecule has 0 radical (unpaired) electrons. The summed E-state index contributed by atoms with van der Waals surface area (Å²) in [6.07, 6.45) is 0. The lowest BCUT2D eigenvalue weighted by molar-refractivity contribution is 0.122. The Morgan fingerprint density at radius 3 is 2.50 bits per heavy atom. The van der Waals surface area contributed by atoms with E-state index in [4.69, 9.17) is 27.1 Å². The second-order valence-electron chi connectivity index (χ2n) is 5.41. The second-order valence-corrected chi connectivity index (χ2v) is 5.76. The van der Waals surface area contributed by atoms with E-state index in [1.807, 2.05) is 30.3 Å². The highest BCUT2D eigenvalue weighted by Crippen LogP contribution is 2.30. The molecule has 1 aromatic carbocycles. The molecule has 2 N–H and O–H groups in total. The van der Waals surface area contributed by atoms with Crippen LogP contribution in [0.3, 0.4) is 0 Å². The molecule has 1 fully saturated rings. The van der Waals surface area contributed by atoms with Gasteiger partial charge in [0.25, 0.3) is 0 Å². The zero-order valence-electron chi connectivity index (χ0n) is 12.8. The van der Waals surface area contributed by atoms with E-state index in [2.05, 4.69) is 19.9 Å². The van der Waals surface area contributed by atoms with E-state index in [9.17, 15) is 0 Å². The lowest BCUT2D eigenvalue weighted by atomic mass is 10.1. The lowest BCUT2D eigenvalue weighted by Crippen LogP contribution is -2.37. The Morgan fingerprint density at radius 1 is 1.00 bits per heavy atom. The largest absolute Gasteiger partial charge is 0.378 e. The van der Waals surface area contributed by atoms with Gasteiger partial charge in [0, 0.05) is 18.7 Å². The predicted molar refractivity (Wildman–Crippen MR) is 93.0 cm³/mol. The van der Waals surface area contributed by atoms with Crippen LogP contribution in [-0.2, 0) is 4.74 Å². The van der Waals surface area contributed by atoms with Crippen LogP contribution in [-0.4, -0.2) is 46.2 Å². The topological polar surface area (TPSA) is 90.0 Å². The molecule has 0 amide bonds. The van der Waals surface area contributed by atoms with Crippen LogP contribution in [0.1, 0.15) is 0 Å². The molecule has 3 aromatic rings. The summed E-state index contributed by atoms with van der Waals surface area (Å²) in [5.41, 5.74) is 8.32. The first kappa shape index (κ1) is 15.0. The van der Waals surface area contributed by atoms with Gasteiger partial charge in [-0.15, -0.1) is 0 Å². The van der Waals surface area contributed by atoms with Crippen LogP contribution in [0.15, 0.2) is 30.3 Å². The molecule has 0 atom stereocenters. The standard InChI is InChI=1S/C16H15ClN6O/c17-13-11(10-4-2-1-3-5-10)19-12-14(20-13)21-16(18)22-15(12)23-6-8-24-9-7-23/h1-5H,6-9H2,(H2,18,20,21,22). The van der Waals surface area contributed by atoms with Crippen LogP contribution in [0, 0.1) is 0 Å². The smallest absolute Gasteiger partial charge is 0.224 e. The zero-order valence-corrected chi connectivity index (χ0v) is 13.6. The maximum Gasteiger partial charge on any atom is 0.224 e. The van der Waals surface area contributed by atoms with Crippen molar-refractivity contribution in [3.05, 3.63) is 35.5 Å². The molecule has 1 saturated heterocycles. The van der Waals surface area contributed by atoms with E-state index >= 15 is 0 Å². The normalized spacial score (nSPS) is 15.0. The number of hydrogen-bond acceptors (Lipinski definition) is 7. The van der Waals surface area contributed by atoms with Crippen molar-refractivity contribution >= 4 is 34.5 Å². The number of anilines is 2. The molecule has 0 aliphatic carbocycles. The van der Waals surface area contributed by atoms with Crippen molar-refractivity contribution in [2.45, 2.75) is 0 Å². The molecule has 3 heterocycles. The number of nitrogens with two attached hydrogens (primary N) is 1. The van der Waals surface area contributed by atoms with Gasteiger partial charge in [-0.05, 0) is 0 Å². The maximum absolute atomic E-state index is 6.32. The molecule has 0 spiro atoms. The Labute approximate surface area is 143 Å². The predicted octanol–water partition coefficient (Wildman–Crippen LogP) is 2.16. The molecule has 8 heteroatoms. The third-order valence-corrected chi connectivity index (χ3v) is 4.11. The van der Waals surface area contributed by atoms with Gasteiger partial charge in [0.1, 0.15) is 5.69 Å². The zero-order chi connectivity index (χ0) is 16.5. The molecule has 1 aliphatic rings. The molecule has 122 valence electrons. The monoisotopic (exact) mass is 342 g/mol. The summed E-state index contributed by atoms with van der Waals surface area (Å²) in [5.74, 6) is 0.823. The maximum atomic E-state index is 6.32. The quantitative estimate of drug-likeness (QED) is 0.763. The number of benzene rings is 1. The van der Waals surface area contributed by atoms with Crippen molar-refractivity contribution in [2.24, 2.45) is 0 Å². The summed E-state index contributed by atoms with van der Waals surface area (Å²) in [5, 5.41) is 0.291. The molecule has 0 saturated carbocycles. The third kappa shape index (κ3) is 2.72. The number of ether oxygens (including phenoxy) is 1. The van der Waals surface area contributed by atoms with Crippen molar-refractivity contribution in [2.75, 3.05) is 36.9 Å². The highest BCUT2D eigenvalue weighted by Gasteiger charge is 2.20. The molecule has 0 unspecified atom stereocenters. The Kier molecular flexibility index (Phi) is 3.87. The van der Waals surface area contributed by atoms with E-state index in [-0.39, 0.29) is 5.95 Å². The summed E-state index contributed by atoms with van der Waals surface area (Å²) >= 11 is 6.32. The molecular weight excluding hydrogens is 328 g/mol. The number of nitrogens with zero attached hydrogens (tertiary/aromatic N) is 5. The first-order valence-electron chi connectivity index (χ1n) is 7.61. The highest BCUT2D eigenvalue weighted by atomic mass is 35.5. The molecule has 7 nitrogen and oxygen atoms in total. The van der Waals surface area contributed by atoms with Crippen LogP contribution < -0.4 is 10.6 Å². The van der Waals surface area contributed by atoms with Crippen molar-refractivity contribution in [1.82, 2.24) is 19.9 Å². The van der Waals surface area contributed by atoms with E-state index in [0.717, 1.165) is 18.7 Å². The van der Waals surface area contributed by atoms with E-state index in [0.29, 0.717) is 41.0 Å². The van der Waals surface area contributed by atoms with Crippen LogP contribution in [0.2, 0.25) is 5.15 Å². The highest BCUT2D eigenvalue weighted by molar-refractivity contribution is 6.32. The SMILES string of the molecule is Nc1nc(N2CCOCC2)c2nc(-c3ccccc3)c(Cl)nc2n1. The van der Waals surface area contributed by atoms with Crippen molar-refractivity contribution in [3.63, 3.8) is 0 Å². The molecule has 24 heavy (non-hydrogen) atoms. The van der Waals surface area contributed by atoms with Gasteiger partial charge in [-0.25, -0.2) is 9.97 Å². The Hall–Kier alpha value is -2.51. The summed E-state index contributed by atoms with van der Waals surface area (Å²) in [4.78, 5) is 19.7. The number of hydrogen-bond donors (Lipinski definition) is 1. The summed E-state index contributed by atoms with van der Waals surface area (Å²) in [7, 11) is 0. The minimum Gasteiger partial charge on any atom is -0.378 e. The van der Waals surface area contributed by atoms with Gasteiger partial charge < -0.3 is 15.4 Å². The number of nitrogen functional groups attached to an aromatic ring is 1. The van der Waals surface area contributed by atoms with Crippen molar-refractivity contribution in [3.8, 4) is 11.3 Å². The first-order chi connectivity index (χ1) is 11.7. The van der Waals surface area contributed by atoms with Gasteiger partial charge in [-0.3, -0.25) is 0 Å². The van der Waals surface area contributed by atoms with Gasteiger partial charge in [0.05, 0.1) is 13.2 Å². The Morgan fingerprint density at radius 2 is 1.75 bits per heavy atom. The average Bonchev–Trinajstić information content (AvgIpc) is 2.62. The number of halogens is 1. The summed E-state index contributed by atoms with van der Waals surface area (Å²) in [6, 6.07) is 9.68. The molecule has 2 aromatic heterocycles. The fraction of sp³-hybridized carbons (Fsp3) is 0.250. The lowest BCUT2D eigenvalue weighted by Gasteiger charge is -2.28. The van der Waals surface area contributed by atoms with Crippen molar-refractivity contribution in [1.29, 1.82) is 0 Å². The van der Waals surface area contributed by atoms with E-state index in [1.165, 1.54) is 0 Å². The molecule has 1 aliphatic heterocycles. The van der Waals surface area contributed by atoms with Crippen molar-refractivity contribution < 1.29 is 4.74 Å². The molecule has 4 rings (SSSR count). The second kappa shape index (κ2) is 6.18. The van der Waals surface area contributed by atoms with Gasteiger partial charge in [0.2, 0.25) is 5.95 Å². The van der Waals surface area contributed by atoms with E-state index in [1.54, 1.807) is 0 Å². The Balaban J connectivity index is 1.92. The van der Waals surface area contributed by atoms with E-state index < -0.39 is 0 Å². The first-order valence-corrected chi connectivity index (χ1v) is 7.99. The summed E-state index contributed by atoms with van der Waals surface area (Å²) < 4.78 is 5.40. The fourth-order valence-electron chi connectivity index (χ4n) is 2.71. The van der Waals surface area contributed by atoms with Crippen LogP contribution in [0.4, 0.5) is 11.8 Å². The van der Waals surface area contributed by atoms with Gasteiger partial charge >= 0.3 is 0 Å². The Bertz CT molecular complexity index is 883. The number of fused-ring (bicyclic) bond motifs is 1. The van der Waals surface area contributed by atoms with Crippen LogP contribution in [0.25, 0.3) is 22.4 Å². The molecule has 0 bridgehead atoms.